The van der Waals surface area contributed by atoms with Crippen LogP contribution in [0.2, 0.25) is 0 Å². The van der Waals surface area contributed by atoms with Gasteiger partial charge in [-0.25, -0.2) is 0 Å². The molecule has 0 aliphatic carbocycles. The lowest BCUT2D eigenvalue weighted by Gasteiger charge is -2.18. The maximum atomic E-state index is 12.8. The molecule has 0 aliphatic rings. The van der Waals surface area contributed by atoms with E-state index in [1.165, 1.54) is 167 Å². The van der Waals surface area contributed by atoms with Crippen LogP contribution in [0.1, 0.15) is 278 Å². The predicted molar refractivity (Wildman–Crippen MR) is 252 cm³/mol. The van der Waals surface area contributed by atoms with Crippen molar-refractivity contribution < 1.29 is 28.6 Å². The van der Waals surface area contributed by atoms with Crippen LogP contribution in [0.3, 0.4) is 0 Å². The third-order valence-electron chi connectivity index (χ3n) is 11.4. The summed E-state index contributed by atoms with van der Waals surface area (Å²) in [5, 5.41) is 0. The summed E-state index contributed by atoms with van der Waals surface area (Å²) in [6.45, 7) is 6.60. The van der Waals surface area contributed by atoms with Crippen LogP contribution in [0.25, 0.3) is 0 Å². The Morgan fingerprint density at radius 2 is 0.559 bits per heavy atom. The van der Waals surface area contributed by atoms with Gasteiger partial charge in [-0.2, -0.15) is 0 Å². The van der Waals surface area contributed by atoms with Crippen molar-refractivity contribution in [2.75, 3.05) is 13.2 Å². The molecule has 0 aromatic rings. The van der Waals surface area contributed by atoms with E-state index in [2.05, 4.69) is 45.1 Å². The molecule has 0 N–H and O–H groups in total. The molecule has 1 atom stereocenters. The molecule has 0 saturated carbocycles. The molecule has 0 amide bonds. The lowest BCUT2D eigenvalue weighted by molar-refractivity contribution is -0.167. The minimum atomic E-state index is -0.773. The van der Waals surface area contributed by atoms with Gasteiger partial charge < -0.3 is 14.2 Å². The van der Waals surface area contributed by atoms with Crippen LogP contribution in [0.5, 0.6) is 0 Å². The lowest BCUT2D eigenvalue weighted by Crippen LogP contribution is -2.30. The molecule has 1 unspecified atom stereocenters. The summed E-state index contributed by atoms with van der Waals surface area (Å²) in [6.07, 6.45) is 54.4. The molecular formula is C53H98O6. The van der Waals surface area contributed by atoms with Crippen molar-refractivity contribution in [1.29, 1.82) is 0 Å². The molecule has 0 spiro atoms. The van der Waals surface area contributed by atoms with Gasteiger partial charge >= 0.3 is 17.9 Å². The van der Waals surface area contributed by atoms with Crippen LogP contribution < -0.4 is 0 Å². The highest BCUT2D eigenvalue weighted by Crippen LogP contribution is 2.16. The average molecular weight is 831 g/mol. The van der Waals surface area contributed by atoms with Crippen molar-refractivity contribution >= 4 is 17.9 Å². The number of rotatable bonds is 47. The van der Waals surface area contributed by atoms with Crippen LogP contribution in [-0.2, 0) is 28.6 Å². The van der Waals surface area contributed by atoms with Crippen molar-refractivity contribution in [1.82, 2.24) is 0 Å². The van der Waals surface area contributed by atoms with E-state index in [4.69, 9.17) is 14.2 Å². The Morgan fingerprint density at radius 3 is 0.881 bits per heavy atom. The maximum Gasteiger partial charge on any atom is 0.306 e. The summed E-state index contributed by atoms with van der Waals surface area (Å²) >= 11 is 0. The highest BCUT2D eigenvalue weighted by Gasteiger charge is 2.19. The number of carbonyl (C=O) groups excluding carboxylic acids is 3. The molecule has 346 valence electrons. The quantitative estimate of drug-likeness (QED) is 0.0263. The SMILES string of the molecule is CCCCC/C=C\CCCCCCCC(=O)OCC(COC(=O)CCCCCCCCCCCCCCCCCCC)OC(=O)CCCCCCC/C=C\CCCCC. The average Bonchev–Trinajstić information content (AvgIpc) is 3.23. The Morgan fingerprint density at radius 1 is 0.322 bits per heavy atom. The van der Waals surface area contributed by atoms with E-state index in [0.29, 0.717) is 19.3 Å². The summed E-state index contributed by atoms with van der Waals surface area (Å²) in [5.74, 6) is -0.881. The number of allylic oxidation sites excluding steroid dienone is 4. The van der Waals surface area contributed by atoms with Gasteiger partial charge in [-0.3, -0.25) is 14.4 Å². The Labute approximate surface area is 366 Å². The second-order valence-electron chi connectivity index (χ2n) is 17.4. The van der Waals surface area contributed by atoms with Gasteiger partial charge in [0.25, 0.3) is 0 Å². The molecule has 0 fully saturated rings. The second kappa shape index (κ2) is 48.6. The second-order valence-corrected chi connectivity index (χ2v) is 17.4. The van der Waals surface area contributed by atoms with E-state index in [9.17, 15) is 14.4 Å². The summed E-state index contributed by atoms with van der Waals surface area (Å²) in [5.41, 5.74) is 0. The van der Waals surface area contributed by atoms with Crippen LogP contribution in [0, 0.1) is 0 Å². The third kappa shape index (κ3) is 46.8. The van der Waals surface area contributed by atoms with Crippen molar-refractivity contribution in [2.24, 2.45) is 0 Å². The number of hydrogen-bond donors (Lipinski definition) is 0. The Balaban J connectivity index is 4.31. The Bertz CT molecular complexity index is 958. The first kappa shape index (κ1) is 56.9. The minimum Gasteiger partial charge on any atom is -0.462 e. The van der Waals surface area contributed by atoms with E-state index in [1.807, 2.05) is 0 Å². The Hall–Kier alpha value is -2.11. The van der Waals surface area contributed by atoms with Crippen LogP contribution in [-0.4, -0.2) is 37.2 Å². The van der Waals surface area contributed by atoms with Gasteiger partial charge in [-0.1, -0.05) is 212 Å². The van der Waals surface area contributed by atoms with Crippen molar-refractivity contribution in [3.8, 4) is 0 Å². The van der Waals surface area contributed by atoms with E-state index >= 15 is 0 Å². The van der Waals surface area contributed by atoms with Crippen LogP contribution >= 0.6 is 0 Å². The van der Waals surface area contributed by atoms with Gasteiger partial charge in [-0.15, -0.1) is 0 Å². The van der Waals surface area contributed by atoms with E-state index in [1.54, 1.807) is 0 Å². The largest absolute Gasteiger partial charge is 0.462 e. The van der Waals surface area contributed by atoms with Crippen molar-refractivity contribution in [3.05, 3.63) is 24.3 Å². The molecule has 0 radical (unpaired) electrons. The molecule has 0 heterocycles. The molecule has 6 heteroatoms. The molecule has 6 nitrogen and oxygen atoms in total. The first-order valence-electron chi connectivity index (χ1n) is 25.8. The molecule has 0 rings (SSSR count). The highest BCUT2D eigenvalue weighted by atomic mass is 16.6. The van der Waals surface area contributed by atoms with Gasteiger partial charge in [-0.05, 0) is 70.6 Å². The first-order valence-corrected chi connectivity index (χ1v) is 25.8. The number of hydrogen-bond acceptors (Lipinski definition) is 6. The number of esters is 3. The fourth-order valence-electron chi connectivity index (χ4n) is 7.49. The predicted octanol–water partition coefficient (Wildman–Crippen LogP) is 16.8. The minimum absolute atomic E-state index is 0.0736. The fourth-order valence-corrected chi connectivity index (χ4v) is 7.49. The van der Waals surface area contributed by atoms with Gasteiger partial charge in [0.2, 0.25) is 0 Å². The lowest BCUT2D eigenvalue weighted by atomic mass is 10.0. The van der Waals surface area contributed by atoms with Gasteiger partial charge in [0, 0.05) is 19.3 Å². The van der Waals surface area contributed by atoms with E-state index in [0.717, 1.165) is 70.6 Å². The first-order chi connectivity index (χ1) is 29.0. The van der Waals surface area contributed by atoms with Gasteiger partial charge in [0.15, 0.2) is 6.10 Å². The molecule has 0 aromatic carbocycles. The standard InChI is InChI=1S/C53H98O6/c1-4-7-10-13-16-19-22-25-26-27-28-29-32-34-37-40-43-46-52(55)58-49-50(59-53(56)47-44-41-38-35-31-24-21-18-15-12-9-6-3)48-57-51(54)45-42-39-36-33-30-23-20-17-14-11-8-5-2/h17-18,20-21,50H,4-16,19,22-49H2,1-3H3/b20-17-,21-18-. The molecular weight excluding hydrogens is 733 g/mol. The Kier molecular flexibility index (Phi) is 46.8. The molecule has 0 saturated heterocycles. The molecule has 0 aliphatic heterocycles. The van der Waals surface area contributed by atoms with E-state index in [-0.39, 0.29) is 31.1 Å². The van der Waals surface area contributed by atoms with Crippen molar-refractivity contribution in [3.63, 3.8) is 0 Å². The number of ether oxygens (including phenoxy) is 3. The maximum absolute atomic E-state index is 12.8. The van der Waals surface area contributed by atoms with Crippen LogP contribution in [0.4, 0.5) is 0 Å². The topological polar surface area (TPSA) is 78.9 Å². The summed E-state index contributed by atoms with van der Waals surface area (Å²) in [7, 11) is 0. The highest BCUT2D eigenvalue weighted by molar-refractivity contribution is 5.71. The smallest absolute Gasteiger partial charge is 0.306 e. The fraction of sp³-hybridized carbons (Fsp3) is 0.868. The van der Waals surface area contributed by atoms with Crippen LogP contribution in [0.15, 0.2) is 24.3 Å². The normalized spacial score (nSPS) is 12.1. The monoisotopic (exact) mass is 831 g/mol. The summed E-state index contributed by atoms with van der Waals surface area (Å²) in [4.78, 5) is 37.9. The zero-order valence-corrected chi connectivity index (χ0v) is 39.5. The van der Waals surface area contributed by atoms with Crippen molar-refractivity contribution in [2.45, 2.75) is 284 Å². The van der Waals surface area contributed by atoms with Gasteiger partial charge in [0.05, 0.1) is 0 Å². The number of unbranched alkanes of at least 4 members (excludes halogenated alkanes) is 32. The summed E-state index contributed by atoms with van der Waals surface area (Å²) < 4.78 is 16.8. The number of carbonyl (C=O) groups is 3. The third-order valence-corrected chi connectivity index (χ3v) is 11.4. The molecule has 0 bridgehead atoms. The summed E-state index contributed by atoms with van der Waals surface area (Å²) in [6, 6.07) is 0. The van der Waals surface area contributed by atoms with Gasteiger partial charge in [0.1, 0.15) is 13.2 Å². The zero-order chi connectivity index (χ0) is 43.0. The molecule has 59 heavy (non-hydrogen) atoms. The molecule has 0 aromatic heterocycles. The zero-order valence-electron chi connectivity index (χ0n) is 39.5. The van der Waals surface area contributed by atoms with E-state index < -0.39 is 6.10 Å².